The molecule has 2 aliphatic carbocycles. The average molecular weight is 581 g/mol. The van der Waals surface area contributed by atoms with Crippen molar-refractivity contribution in [2.45, 2.75) is 84.5 Å². The lowest BCUT2D eigenvalue weighted by Gasteiger charge is -2.35. The van der Waals surface area contributed by atoms with Crippen molar-refractivity contribution >= 4 is 29.6 Å². The largest absolute Gasteiger partial charge is 0.447 e. The Morgan fingerprint density at radius 1 is 1.10 bits per heavy atom. The number of nitrogens with one attached hydrogen (secondary N) is 3. The van der Waals surface area contributed by atoms with Gasteiger partial charge in [-0.1, -0.05) is 57.5 Å². The Kier molecular flexibility index (Phi) is 9.43. The van der Waals surface area contributed by atoms with Crippen molar-refractivity contribution in [3.05, 3.63) is 48.0 Å². The van der Waals surface area contributed by atoms with Crippen molar-refractivity contribution in [3.8, 4) is 0 Å². The molecule has 0 radical (unpaired) electrons. The number of ketones is 1. The van der Waals surface area contributed by atoms with Crippen LogP contribution in [-0.2, 0) is 36.8 Å². The van der Waals surface area contributed by atoms with E-state index < -0.39 is 41.8 Å². The van der Waals surface area contributed by atoms with Crippen LogP contribution < -0.4 is 16.0 Å². The summed E-state index contributed by atoms with van der Waals surface area (Å²) in [6.45, 7) is 13.6. The summed E-state index contributed by atoms with van der Waals surface area (Å²) < 4.78 is 5.34. The molecule has 4 amide bonds. The Morgan fingerprint density at radius 2 is 1.74 bits per heavy atom. The summed E-state index contributed by atoms with van der Waals surface area (Å²) in [5.74, 6) is -2.50. The number of hydrogen-bond donors (Lipinski definition) is 3. The molecular formula is C32H44N4O6. The second-order valence-electron chi connectivity index (χ2n) is 12.6. The van der Waals surface area contributed by atoms with E-state index in [4.69, 9.17) is 4.74 Å². The first kappa shape index (κ1) is 31.3. The molecule has 1 saturated heterocycles. The highest BCUT2D eigenvalue weighted by atomic mass is 16.6. The lowest BCUT2D eigenvalue weighted by atomic mass is 9.93. The van der Waals surface area contributed by atoms with Crippen LogP contribution >= 0.6 is 0 Å². The van der Waals surface area contributed by atoms with E-state index in [0.29, 0.717) is 25.8 Å². The molecule has 3 aliphatic rings. The van der Waals surface area contributed by atoms with Crippen LogP contribution in [0.4, 0.5) is 4.79 Å². The SMILES string of the molecule is C=CCNC(=O)C(=O)C(CCC)NC(=O)[C@@H]1[C@H]2[C@@H](CN1C(=O)[C@@H](NC(=O)OC(C)C)C1Cc3ccccc3C1)C2(C)C. The van der Waals surface area contributed by atoms with Crippen LogP contribution in [0.2, 0.25) is 0 Å². The van der Waals surface area contributed by atoms with Gasteiger partial charge in [-0.25, -0.2) is 4.79 Å². The summed E-state index contributed by atoms with van der Waals surface area (Å²) in [5, 5.41) is 8.11. The molecule has 4 rings (SSSR count). The molecule has 0 spiro atoms. The number of ether oxygens (including phenoxy) is 1. The summed E-state index contributed by atoms with van der Waals surface area (Å²) >= 11 is 0. The summed E-state index contributed by atoms with van der Waals surface area (Å²) in [5.41, 5.74) is 2.11. The van der Waals surface area contributed by atoms with Crippen LogP contribution in [-0.4, -0.2) is 71.8 Å². The number of fused-ring (bicyclic) bond motifs is 2. The van der Waals surface area contributed by atoms with Gasteiger partial charge >= 0.3 is 6.09 Å². The van der Waals surface area contributed by atoms with Crippen LogP contribution in [0.25, 0.3) is 0 Å². The van der Waals surface area contributed by atoms with Crippen molar-refractivity contribution in [1.29, 1.82) is 0 Å². The Labute approximate surface area is 248 Å². The maximum atomic E-state index is 14.3. The van der Waals surface area contributed by atoms with Crippen LogP contribution in [0.3, 0.4) is 0 Å². The van der Waals surface area contributed by atoms with Gasteiger partial charge in [-0.3, -0.25) is 19.2 Å². The van der Waals surface area contributed by atoms with Gasteiger partial charge in [0.05, 0.1) is 12.1 Å². The van der Waals surface area contributed by atoms with Gasteiger partial charge < -0.3 is 25.6 Å². The number of piperidine rings is 1. The average Bonchev–Trinajstić information content (AvgIpc) is 3.31. The number of nitrogens with zero attached hydrogens (tertiary/aromatic N) is 1. The first-order valence-electron chi connectivity index (χ1n) is 15.0. The van der Waals surface area contributed by atoms with E-state index in [1.807, 2.05) is 31.2 Å². The zero-order chi connectivity index (χ0) is 30.8. The van der Waals surface area contributed by atoms with E-state index in [2.05, 4.69) is 36.4 Å². The van der Waals surface area contributed by atoms with Gasteiger partial charge in [0, 0.05) is 13.1 Å². The number of alkyl carbamates (subject to hydrolysis) is 1. The Balaban J connectivity index is 1.58. The van der Waals surface area contributed by atoms with Crippen molar-refractivity contribution in [2.24, 2.45) is 23.2 Å². The zero-order valence-corrected chi connectivity index (χ0v) is 25.3. The second kappa shape index (κ2) is 12.7. The molecule has 10 heteroatoms. The highest BCUT2D eigenvalue weighted by Crippen LogP contribution is 2.65. The Morgan fingerprint density at radius 3 is 2.31 bits per heavy atom. The van der Waals surface area contributed by atoms with E-state index in [0.717, 1.165) is 11.1 Å². The summed E-state index contributed by atoms with van der Waals surface area (Å²) in [7, 11) is 0. The molecule has 0 bridgehead atoms. The van der Waals surface area contributed by atoms with Gasteiger partial charge in [0.25, 0.3) is 5.91 Å². The minimum absolute atomic E-state index is 0.0996. The fraction of sp³-hybridized carbons (Fsp3) is 0.594. The second-order valence-corrected chi connectivity index (χ2v) is 12.6. The van der Waals surface area contributed by atoms with Crippen LogP contribution in [0.15, 0.2) is 36.9 Å². The van der Waals surface area contributed by atoms with Crippen LogP contribution in [0.1, 0.15) is 58.6 Å². The number of benzene rings is 1. The predicted octanol–water partition coefficient (Wildman–Crippen LogP) is 2.54. The summed E-state index contributed by atoms with van der Waals surface area (Å²) in [6, 6.07) is 5.25. The maximum Gasteiger partial charge on any atom is 0.408 e. The van der Waals surface area contributed by atoms with E-state index >= 15 is 0 Å². The molecule has 1 aromatic rings. The number of carbonyl (C=O) groups is 5. The highest BCUT2D eigenvalue weighted by molar-refractivity contribution is 6.38. The molecule has 228 valence electrons. The quantitative estimate of drug-likeness (QED) is 0.257. The molecule has 1 aromatic carbocycles. The topological polar surface area (TPSA) is 134 Å². The molecular weight excluding hydrogens is 536 g/mol. The molecule has 1 saturated carbocycles. The number of hydrogen-bond acceptors (Lipinski definition) is 6. The predicted molar refractivity (Wildman–Crippen MR) is 157 cm³/mol. The Hall–Kier alpha value is -3.69. The number of likely N-dealkylation sites (tertiary alicyclic amines) is 1. The number of Topliss-reactive ketones (excluding diaryl/α,β-unsaturated/α-hetero) is 1. The maximum absolute atomic E-state index is 14.3. The molecule has 10 nitrogen and oxygen atoms in total. The third-order valence-electron chi connectivity index (χ3n) is 9.04. The fourth-order valence-electron chi connectivity index (χ4n) is 6.80. The zero-order valence-electron chi connectivity index (χ0n) is 25.3. The minimum Gasteiger partial charge on any atom is -0.447 e. The highest BCUT2D eigenvalue weighted by Gasteiger charge is 2.69. The van der Waals surface area contributed by atoms with Gasteiger partial charge in [-0.05, 0) is 67.4 Å². The molecule has 5 atom stereocenters. The number of rotatable bonds is 12. The summed E-state index contributed by atoms with van der Waals surface area (Å²) in [4.78, 5) is 67.9. The van der Waals surface area contributed by atoms with Crippen molar-refractivity contribution in [3.63, 3.8) is 0 Å². The third-order valence-corrected chi connectivity index (χ3v) is 9.04. The first-order chi connectivity index (χ1) is 19.9. The van der Waals surface area contributed by atoms with Crippen LogP contribution in [0, 0.1) is 23.2 Å². The molecule has 1 aliphatic heterocycles. The van der Waals surface area contributed by atoms with Gasteiger partial charge in [0.1, 0.15) is 12.1 Å². The normalized spacial score (nSPS) is 23.3. The van der Waals surface area contributed by atoms with Crippen LogP contribution in [0.5, 0.6) is 0 Å². The fourth-order valence-corrected chi connectivity index (χ4v) is 6.80. The first-order valence-corrected chi connectivity index (χ1v) is 15.0. The van der Waals surface area contributed by atoms with E-state index in [1.54, 1.807) is 18.7 Å². The van der Waals surface area contributed by atoms with Crippen molar-refractivity contribution < 1.29 is 28.7 Å². The van der Waals surface area contributed by atoms with Gasteiger partial charge in [0.2, 0.25) is 17.6 Å². The van der Waals surface area contributed by atoms with E-state index in [1.165, 1.54) is 6.08 Å². The molecule has 0 aromatic heterocycles. The third kappa shape index (κ3) is 6.37. The minimum atomic E-state index is -1.01. The van der Waals surface area contributed by atoms with E-state index in [9.17, 15) is 24.0 Å². The molecule has 42 heavy (non-hydrogen) atoms. The molecule has 1 heterocycles. The van der Waals surface area contributed by atoms with Gasteiger partial charge in [-0.15, -0.1) is 6.58 Å². The lowest BCUT2D eigenvalue weighted by molar-refractivity contribution is -0.144. The van der Waals surface area contributed by atoms with Crippen molar-refractivity contribution in [1.82, 2.24) is 20.9 Å². The van der Waals surface area contributed by atoms with Gasteiger partial charge in [-0.2, -0.15) is 0 Å². The standard InChI is InChI=1S/C32H44N4O6/c1-7-11-23(27(37)29(39)33-14-8-2)34-28(38)26-24-22(32(24,5)6)17-36(26)30(40)25(35-31(41)42-18(3)4)21-15-19-12-9-10-13-20(19)16-21/h8-10,12-13,18,21-26H,2,7,11,14-17H2,1,3-6H3,(H,33,39)(H,34,38)(H,35,41)/t22-,23?,24-,25+,26+/m1/s1. The monoisotopic (exact) mass is 580 g/mol. The van der Waals surface area contributed by atoms with E-state index in [-0.39, 0.29) is 48.1 Å². The lowest BCUT2D eigenvalue weighted by Crippen LogP contribution is -2.59. The Bertz CT molecular complexity index is 1220. The molecule has 1 unspecified atom stereocenters. The van der Waals surface area contributed by atoms with Gasteiger partial charge in [0.15, 0.2) is 0 Å². The smallest absolute Gasteiger partial charge is 0.408 e. The summed E-state index contributed by atoms with van der Waals surface area (Å²) in [6.07, 6.45) is 2.52. The number of carbonyl (C=O) groups excluding carboxylic acids is 5. The number of amides is 4. The van der Waals surface area contributed by atoms with Crippen molar-refractivity contribution in [2.75, 3.05) is 13.1 Å². The molecule has 2 fully saturated rings. The molecule has 3 N–H and O–H groups in total.